The van der Waals surface area contributed by atoms with Gasteiger partial charge in [0.25, 0.3) is 0 Å². The van der Waals surface area contributed by atoms with Gasteiger partial charge in [0.15, 0.2) is 0 Å². The highest BCUT2D eigenvalue weighted by atomic mass is 32.2. The number of para-hydroxylation sites is 2. The van der Waals surface area contributed by atoms with Crippen LogP contribution in [0, 0.1) is 11.8 Å². The molecule has 3 aliphatic rings. The zero-order chi connectivity index (χ0) is 97.9. The normalized spacial score (nSPS) is 25.0. The standard InChI is InChI=1S/C92H129N21O20S/c1-11-13-24-72-85(126)102-64(34-50(3)4)82(123)108-71(80(121)98-45-76(94)116)47-134-48-77(117)100-68(36-53-27-29-57(114)30-28-53)88(129)109(8)52(7)79(120)105-70(41-78(118)119)90(131)112-33-19-26-73(112)86(127)104-66(39-56-44-95-49-99-56)84(125)106-67(35-51(5)6)91(132)113-46-58(115)40-75(113)87(128)103-65(37-54-42-96-61-22-17-15-20-59(54)61)83(124)101-63(31-32-93)81(122)107-69(38-55-43-97-62-23-18-16-21-60(55)62)89(130)111(10)74(25-14-12-2)92(133)110(72)9/h15-18,20-23,27-30,42-44,49-52,58,63-75,96-97,114-115H,11-14,19,24-26,31-41,45-48,93H2,1-10H3,(H2,94,116)(H,95,99)(H,98,121)(H,100,117)(H,101,124)(H,102,126)(H,103,128)(H,104,127)(H,105,120)(H,106,125)(H,107,122)(H,108,123)(H,118,119)/t52-,58+,63-,64-,65-,66-,67-,68-,69-,70-,71-,72-,73-,74-,75-/m0/s1. The van der Waals surface area contributed by atoms with Gasteiger partial charge in [0.1, 0.15) is 90.3 Å². The molecule has 6 aromatic rings. The average molecular weight is 1880 g/mol. The summed E-state index contributed by atoms with van der Waals surface area (Å²) in [4.78, 5) is 269. The number of aliphatic hydroxyl groups excluding tert-OH is 1. The molecule has 6 heterocycles. The largest absolute Gasteiger partial charge is 0.508 e. The maximum atomic E-state index is 15.8. The number of hydrogen-bond donors (Lipinski definition) is 18. The first-order valence-corrected chi connectivity index (χ1v) is 46.7. The van der Waals surface area contributed by atoms with Crippen LogP contribution in [0.1, 0.15) is 154 Å². The molecule has 3 aromatic carbocycles. The quantitative estimate of drug-likeness (QED) is 0.0353. The number of H-pyrrole nitrogens is 3. The zero-order valence-electron chi connectivity index (χ0n) is 77.3. The summed E-state index contributed by atoms with van der Waals surface area (Å²) in [6.45, 7) is 10.5. The fourth-order valence-corrected chi connectivity index (χ4v) is 17.8. The van der Waals surface area contributed by atoms with Crippen molar-refractivity contribution in [2.45, 2.75) is 248 Å². The Morgan fingerprint density at radius 2 is 1.06 bits per heavy atom. The van der Waals surface area contributed by atoms with Crippen LogP contribution in [0.4, 0.5) is 0 Å². The molecule has 0 saturated carbocycles. The van der Waals surface area contributed by atoms with Crippen LogP contribution in [-0.4, -0.2) is 310 Å². The number of imidazole rings is 1. The number of carbonyl (C=O) groups is 17. The van der Waals surface area contributed by atoms with Crippen molar-refractivity contribution in [3.05, 3.63) is 120 Å². The second-order valence-corrected chi connectivity index (χ2v) is 36.5. The fourth-order valence-electron chi connectivity index (χ4n) is 16.9. The van der Waals surface area contributed by atoms with Crippen LogP contribution < -0.4 is 64.6 Å². The summed E-state index contributed by atoms with van der Waals surface area (Å²) in [5, 5.41) is 60.3. The number of primary amides is 1. The van der Waals surface area contributed by atoms with E-state index in [0.29, 0.717) is 69.9 Å². The van der Waals surface area contributed by atoms with E-state index >= 15 is 38.4 Å². The third kappa shape index (κ3) is 28.8. The number of unbranched alkanes of at least 4 members (excludes halogenated alkanes) is 2. The number of aromatic amines is 3. The number of thioether (sulfide) groups is 1. The van der Waals surface area contributed by atoms with Gasteiger partial charge in [-0.15, -0.1) is 11.8 Å². The number of likely N-dealkylation sites (N-methyl/N-ethyl adjacent to an activating group) is 3. The van der Waals surface area contributed by atoms with Gasteiger partial charge in [0.2, 0.25) is 94.5 Å². The molecule has 3 fully saturated rings. The number of nitrogens with one attached hydrogen (secondary N) is 13. The Morgan fingerprint density at radius 1 is 0.545 bits per heavy atom. The van der Waals surface area contributed by atoms with Crippen molar-refractivity contribution in [3.8, 4) is 5.75 Å². The maximum absolute atomic E-state index is 15.8. The summed E-state index contributed by atoms with van der Waals surface area (Å²) >= 11 is 0.793. The third-order valence-corrected chi connectivity index (χ3v) is 25.3. The summed E-state index contributed by atoms with van der Waals surface area (Å²) in [6, 6.07) is -1.26. The van der Waals surface area contributed by atoms with Crippen LogP contribution in [0.2, 0.25) is 0 Å². The van der Waals surface area contributed by atoms with E-state index < -0.39 is 222 Å². The van der Waals surface area contributed by atoms with Crippen LogP contribution in [0.15, 0.2) is 97.7 Å². The predicted octanol–water partition coefficient (Wildman–Crippen LogP) is -0.190. The first-order chi connectivity index (χ1) is 63.8. The molecular weight excluding hydrogens is 1750 g/mol. The van der Waals surface area contributed by atoms with Crippen molar-refractivity contribution >= 4 is 134 Å². The molecular formula is C92H129N21O20S. The molecule has 41 nitrogen and oxygen atoms in total. The van der Waals surface area contributed by atoms with Gasteiger partial charge in [-0.25, -0.2) is 4.98 Å². The van der Waals surface area contributed by atoms with Gasteiger partial charge in [0, 0.05) is 118 Å². The number of aliphatic carboxylic acids is 1. The SMILES string of the molecule is CCCC[C@H]1C(=O)N(C)[C@@H](CCCC)C(=O)N[C@@H](CC(C)C)C(=O)N[C@H](C(=O)NCC(N)=O)CSCC(=O)N[C@@H](Cc2ccc(O)cc2)C(=O)N(C)[C@@H](C)C(=O)N[C@@H](CC(=O)O)C(=O)N2CCC[C@H]2C(=O)N[C@@H](Cc2cnc[nH]2)C(=O)N[C@@H](CC(C)C)C(=O)N2C[C@H](O)C[C@H]2C(=O)N[C@@H](Cc2c[nH]c3ccccc23)C(=O)N[C@@H](CCN)C(=O)N[C@@H](Cc2c[nH]c3ccccc23)C(=O)N1C. The van der Waals surface area contributed by atoms with Gasteiger partial charge in [0.05, 0.1) is 31.1 Å². The molecule has 0 bridgehead atoms. The lowest BCUT2D eigenvalue weighted by Crippen LogP contribution is -2.61. The summed E-state index contributed by atoms with van der Waals surface area (Å²) < 4.78 is 0. The molecule has 3 aliphatic heterocycles. The summed E-state index contributed by atoms with van der Waals surface area (Å²) in [5.41, 5.74) is 14.9. The lowest BCUT2D eigenvalue weighted by Gasteiger charge is -2.36. The van der Waals surface area contributed by atoms with E-state index in [9.17, 15) is 58.5 Å². The van der Waals surface area contributed by atoms with Crippen LogP contribution in [-0.2, 0) is 107 Å². The zero-order valence-corrected chi connectivity index (χ0v) is 78.2. The number of aromatic nitrogens is 4. The molecule has 728 valence electrons. The van der Waals surface area contributed by atoms with Crippen molar-refractivity contribution in [2.24, 2.45) is 23.3 Å². The van der Waals surface area contributed by atoms with E-state index in [1.165, 1.54) is 74.7 Å². The number of amides is 16. The van der Waals surface area contributed by atoms with Crippen molar-refractivity contribution in [3.63, 3.8) is 0 Å². The van der Waals surface area contributed by atoms with E-state index in [1.54, 1.807) is 76.5 Å². The van der Waals surface area contributed by atoms with Crippen LogP contribution >= 0.6 is 11.8 Å². The van der Waals surface area contributed by atoms with Crippen molar-refractivity contribution in [1.29, 1.82) is 0 Å². The Kier molecular flexibility index (Phi) is 38.8. The van der Waals surface area contributed by atoms with E-state index in [-0.39, 0.29) is 108 Å². The number of carboxylic acid groups (broad SMARTS) is 1. The molecule has 0 spiro atoms. The van der Waals surface area contributed by atoms with Crippen LogP contribution in [0.5, 0.6) is 5.75 Å². The summed E-state index contributed by atoms with van der Waals surface area (Å²) in [5.74, 6) is -17.7. The molecule has 16 amide bonds. The number of benzene rings is 3. The minimum atomic E-state index is -1.89. The highest BCUT2D eigenvalue weighted by Gasteiger charge is 2.47. The van der Waals surface area contributed by atoms with Gasteiger partial charge >= 0.3 is 5.97 Å². The lowest BCUT2D eigenvalue weighted by atomic mass is 9.99. The monoisotopic (exact) mass is 1880 g/mol. The van der Waals surface area contributed by atoms with E-state index in [1.807, 2.05) is 26.0 Å². The van der Waals surface area contributed by atoms with Gasteiger partial charge in [-0.3, -0.25) is 81.5 Å². The minimum absolute atomic E-state index is 0.0353. The molecule has 134 heavy (non-hydrogen) atoms. The molecule has 20 N–H and O–H groups in total. The molecule has 9 rings (SSSR count). The third-order valence-electron chi connectivity index (χ3n) is 24.3. The lowest BCUT2D eigenvalue weighted by molar-refractivity contribution is -0.149. The predicted molar refractivity (Wildman–Crippen MR) is 495 cm³/mol. The Balaban J connectivity index is 1.10. The number of rotatable bonds is 25. The molecule has 3 aromatic heterocycles. The Morgan fingerprint density at radius 3 is 1.65 bits per heavy atom. The topological polar surface area (TPSA) is 600 Å². The van der Waals surface area contributed by atoms with Crippen molar-refractivity contribution in [1.82, 2.24) is 97.6 Å². The molecule has 0 radical (unpaired) electrons. The van der Waals surface area contributed by atoms with Gasteiger partial charge in [-0.05, 0) is 111 Å². The number of phenolic OH excluding ortho intramolecular Hbond substituents is 1. The first-order valence-electron chi connectivity index (χ1n) is 45.5. The fraction of sp³-hybridized carbons (Fsp3) is 0.543. The first kappa shape index (κ1) is 105. The highest BCUT2D eigenvalue weighted by molar-refractivity contribution is 8.00. The Bertz CT molecular complexity index is 5140. The molecule has 15 atom stereocenters. The van der Waals surface area contributed by atoms with Crippen molar-refractivity contribution in [2.75, 3.05) is 58.8 Å². The second-order valence-electron chi connectivity index (χ2n) is 35.4. The smallest absolute Gasteiger partial charge is 0.305 e. The molecule has 0 aliphatic carbocycles. The van der Waals surface area contributed by atoms with E-state index in [2.05, 4.69) is 73.1 Å². The van der Waals surface area contributed by atoms with Crippen LogP contribution in [0.3, 0.4) is 0 Å². The second kappa shape index (κ2) is 49.7. The van der Waals surface area contributed by atoms with Crippen LogP contribution in [0.25, 0.3) is 21.8 Å². The number of carbonyl (C=O) groups excluding carboxylic acids is 16. The van der Waals surface area contributed by atoms with Gasteiger partial charge in [-0.2, -0.15) is 0 Å². The maximum Gasteiger partial charge on any atom is 0.305 e. The van der Waals surface area contributed by atoms with E-state index in [0.717, 1.165) is 26.5 Å². The number of phenols is 1. The molecule has 0 unspecified atom stereocenters. The number of nitrogens with zero attached hydrogens (tertiary/aromatic N) is 6. The molecule has 3 saturated heterocycles. The Labute approximate surface area is 780 Å². The number of aromatic hydroxyl groups is 1. The number of nitrogens with two attached hydrogens (primary N) is 2. The van der Waals surface area contributed by atoms with Gasteiger partial charge < -0.3 is 119 Å². The summed E-state index contributed by atoms with van der Waals surface area (Å²) in [6.07, 6.45) is 3.86. The Hall–Kier alpha value is -13.0. The molecule has 42 heteroatoms. The average Bonchev–Trinajstić information content (AvgIpc) is 1.64. The summed E-state index contributed by atoms with van der Waals surface area (Å²) in [7, 11) is 4.00. The highest BCUT2D eigenvalue weighted by Crippen LogP contribution is 2.28. The number of hydrogen-bond acceptors (Lipinski definition) is 22. The number of carboxylic acids is 1. The minimum Gasteiger partial charge on any atom is -0.508 e. The number of fused-ring (bicyclic) bond motifs is 4. The van der Waals surface area contributed by atoms with Crippen molar-refractivity contribution < 1.29 is 96.8 Å². The van der Waals surface area contributed by atoms with E-state index in [4.69, 9.17) is 11.5 Å². The van der Waals surface area contributed by atoms with Gasteiger partial charge in [-0.1, -0.05) is 116 Å². The number of aliphatic hydroxyl groups is 1.